The molecule has 0 saturated carbocycles. The van der Waals surface area contributed by atoms with Crippen LogP contribution in [-0.4, -0.2) is 20.1 Å². The first kappa shape index (κ1) is 17.2. The molecule has 1 amide bonds. The largest absolute Gasteiger partial charge is 0.493 e. The molecule has 0 N–H and O–H groups in total. The number of benzene rings is 3. The molecule has 4 heteroatoms. The zero-order chi connectivity index (χ0) is 18.8. The van der Waals surface area contributed by atoms with Gasteiger partial charge >= 0.3 is 0 Å². The Labute approximate surface area is 159 Å². The summed E-state index contributed by atoms with van der Waals surface area (Å²) in [5.74, 6) is 1.17. The molecule has 0 aromatic heterocycles. The van der Waals surface area contributed by atoms with Crippen LogP contribution in [-0.2, 0) is 11.2 Å². The van der Waals surface area contributed by atoms with Crippen LogP contribution in [0.2, 0.25) is 0 Å². The third kappa shape index (κ3) is 2.93. The number of rotatable bonds is 5. The van der Waals surface area contributed by atoms with Gasteiger partial charge in [0.25, 0.3) is 0 Å². The third-order valence-corrected chi connectivity index (χ3v) is 4.99. The molecule has 0 fully saturated rings. The van der Waals surface area contributed by atoms with E-state index in [9.17, 15) is 4.79 Å². The van der Waals surface area contributed by atoms with Crippen LogP contribution in [0.3, 0.4) is 0 Å². The van der Waals surface area contributed by atoms with Gasteiger partial charge in [-0.1, -0.05) is 48.5 Å². The van der Waals surface area contributed by atoms with Crippen molar-refractivity contribution in [3.05, 3.63) is 83.9 Å². The second-order valence-electron chi connectivity index (χ2n) is 6.48. The van der Waals surface area contributed by atoms with E-state index in [-0.39, 0.29) is 11.8 Å². The molecule has 3 aromatic rings. The summed E-state index contributed by atoms with van der Waals surface area (Å²) in [5, 5.41) is 0. The van der Waals surface area contributed by atoms with Gasteiger partial charge in [-0.3, -0.25) is 9.69 Å². The highest BCUT2D eigenvalue weighted by molar-refractivity contribution is 6.10. The number of hydrogen-bond acceptors (Lipinski definition) is 3. The lowest BCUT2D eigenvalue weighted by Crippen LogP contribution is -2.24. The van der Waals surface area contributed by atoms with Crippen LogP contribution in [0.15, 0.2) is 72.8 Å². The molecular formula is C23H21NO3. The molecule has 27 heavy (non-hydrogen) atoms. The van der Waals surface area contributed by atoms with Gasteiger partial charge in [-0.25, -0.2) is 0 Å². The molecule has 1 aliphatic rings. The van der Waals surface area contributed by atoms with Crippen LogP contribution in [0.4, 0.5) is 11.4 Å². The van der Waals surface area contributed by atoms with E-state index in [1.807, 2.05) is 77.7 Å². The standard InChI is InChI=1S/C23H21NO3/c1-26-21-14-8-9-16(22(21)27-2)15-19-18-12-6-7-13-20(18)24(23(19)25)17-10-4-3-5-11-17/h3-14,19H,15H2,1-2H3/t19-/m1/s1. The number of fused-ring (bicyclic) bond motifs is 1. The fourth-order valence-corrected chi connectivity index (χ4v) is 3.77. The Morgan fingerprint density at radius 3 is 2.33 bits per heavy atom. The van der Waals surface area contributed by atoms with Gasteiger partial charge in [0.2, 0.25) is 5.91 Å². The van der Waals surface area contributed by atoms with Crippen molar-refractivity contribution < 1.29 is 14.3 Å². The van der Waals surface area contributed by atoms with Gasteiger partial charge in [-0.05, 0) is 41.8 Å². The van der Waals surface area contributed by atoms with Crippen molar-refractivity contribution in [2.45, 2.75) is 12.3 Å². The number of para-hydroxylation sites is 3. The summed E-state index contributed by atoms with van der Waals surface area (Å²) in [6.45, 7) is 0. The second kappa shape index (κ2) is 7.16. The fourth-order valence-electron chi connectivity index (χ4n) is 3.77. The summed E-state index contributed by atoms with van der Waals surface area (Å²) in [4.78, 5) is 15.2. The van der Waals surface area contributed by atoms with Gasteiger partial charge in [0.15, 0.2) is 11.5 Å². The Bertz CT molecular complexity index is 968. The molecule has 1 heterocycles. The summed E-state index contributed by atoms with van der Waals surface area (Å²) in [7, 11) is 3.25. The molecule has 0 aliphatic carbocycles. The minimum atomic E-state index is -0.262. The van der Waals surface area contributed by atoms with Crippen LogP contribution in [0, 0.1) is 0 Å². The lowest BCUT2D eigenvalue weighted by Gasteiger charge is -2.19. The maximum absolute atomic E-state index is 13.4. The summed E-state index contributed by atoms with van der Waals surface area (Å²) < 4.78 is 11.0. The van der Waals surface area contributed by atoms with Crippen molar-refractivity contribution >= 4 is 17.3 Å². The quantitative estimate of drug-likeness (QED) is 0.662. The van der Waals surface area contributed by atoms with E-state index in [4.69, 9.17) is 9.47 Å². The van der Waals surface area contributed by atoms with Crippen molar-refractivity contribution in [2.75, 3.05) is 19.1 Å². The first-order valence-electron chi connectivity index (χ1n) is 8.92. The minimum absolute atomic E-state index is 0.0762. The summed E-state index contributed by atoms with van der Waals surface area (Å²) in [5.41, 5.74) is 3.83. The zero-order valence-electron chi connectivity index (χ0n) is 15.4. The number of ether oxygens (including phenoxy) is 2. The van der Waals surface area contributed by atoms with E-state index in [0.717, 1.165) is 22.5 Å². The van der Waals surface area contributed by atoms with Gasteiger partial charge in [0, 0.05) is 5.69 Å². The average Bonchev–Trinajstić information content (AvgIpc) is 3.00. The van der Waals surface area contributed by atoms with Gasteiger partial charge in [-0.2, -0.15) is 0 Å². The summed E-state index contributed by atoms with van der Waals surface area (Å²) in [6.07, 6.45) is 0.555. The first-order chi connectivity index (χ1) is 13.2. The number of carbonyl (C=O) groups is 1. The Morgan fingerprint density at radius 2 is 1.59 bits per heavy atom. The van der Waals surface area contributed by atoms with E-state index in [2.05, 4.69) is 0 Å². The van der Waals surface area contributed by atoms with Gasteiger partial charge in [0.1, 0.15) is 0 Å². The van der Waals surface area contributed by atoms with Crippen LogP contribution >= 0.6 is 0 Å². The molecule has 1 atom stereocenters. The Balaban J connectivity index is 1.76. The lowest BCUT2D eigenvalue weighted by molar-refractivity contribution is -0.118. The highest BCUT2D eigenvalue weighted by atomic mass is 16.5. The maximum atomic E-state index is 13.4. The smallest absolute Gasteiger partial charge is 0.239 e. The lowest BCUT2D eigenvalue weighted by atomic mass is 9.92. The van der Waals surface area contributed by atoms with Crippen LogP contribution in [0.1, 0.15) is 17.0 Å². The van der Waals surface area contributed by atoms with Crippen LogP contribution in [0.5, 0.6) is 11.5 Å². The van der Waals surface area contributed by atoms with E-state index >= 15 is 0 Å². The zero-order valence-corrected chi connectivity index (χ0v) is 15.4. The molecule has 0 spiro atoms. The molecule has 0 saturated heterocycles. The Hall–Kier alpha value is -3.27. The van der Waals surface area contributed by atoms with Crippen molar-refractivity contribution in [1.29, 1.82) is 0 Å². The Morgan fingerprint density at radius 1 is 0.852 bits per heavy atom. The predicted octanol–water partition coefficient (Wildman–Crippen LogP) is 4.71. The maximum Gasteiger partial charge on any atom is 0.239 e. The summed E-state index contributed by atoms with van der Waals surface area (Å²) >= 11 is 0. The van der Waals surface area contributed by atoms with Crippen molar-refractivity contribution in [3.63, 3.8) is 0 Å². The topological polar surface area (TPSA) is 38.8 Å². The number of anilines is 2. The van der Waals surface area contributed by atoms with E-state index < -0.39 is 0 Å². The van der Waals surface area contributed by atoms with Gasteiger partial charge in [0.05, 0.1) is 25.8 Å². The predicted molar refractivity (Wildman–Crippen MR) is 106 cm³/mol. The van der Waals surface area contributed by atoms with Crippen LogP contribution < -0.4 is 14.4 Å². The number of nitrogens with zero attached hydrogens (tertiary/aromatic N) is 1. The molecular weight excluding hydrogens is 338 g/mol. The minimum Gasteiger partial charge on any atom is -0.493 e. The first-order valence-corrected chi connectivity index (χ1v) is 8.92. The fraction of sp³-hybridized carbons (Fsp3) is 0.174. The van der Waals surface area contributed by atoms with E-state index in [0.29, 0.717) is 17.9 Å². The SMILES string of the molecule is COc1cccc(C[C@H]2C(=O)N(c3ccccc3)c3ccccc32)c1OC. The Kier molecular flexibility index (Phi) is 4.55. The molecule has 0 bridgehead atoms. The van der Waals surface area contributed by atoms with Crippen molar-refractivity contribution in [2.24, 2.45) is 0 Å². The van der Waals surface area contributed by atoms with Gasteiger partial charge < -0.3 is 9.47 Å². The third-order valence-electron chi connectivity index (χ3n) is 4.99. The molecule has 0 unspecified atom stereocenters. The molecule has 1 aliphatic heterocycles. The molecule has 136 valence electrons. The number of hydrogen-bond donors (Lipinski definition) is 0. The van der Waals surface area contributed by atoms with Crippen molar-refractivity contribution in [3.8, 4) is 11.5 Å². The monoisotopic (exact) mass is 359 g/mol. The number of carbonyl (C=O) groups excluding carboxylic acids is 1. The summed E-state index contributed by atoms with van der Waals surface area (Å²) in [6, 6.07) is 23.5. The van der Waals surface area contributed by atoms with Gasteiger partial charge in [-0.15, -0.1) is 0 Å². The molecule has 4 rings (SSSR count). The second-order valence-corrected chi connectivity index (χ2v) is 6.48. The normalized spacial score (nSPS) is 15.6. The van der Waals surface area contributed by atoms with Crippen LogP contribution in [0.25, 0.3) is 0 Å². The number of amides is 1. The highest BCUT2D eigenvalue weighted by Crippen LogP contribution is 2.44. The van der Waals surface area contributed by atoms with E-state index in [1.54, 1.807) is 14.2 Å². The molecule has 3 aromatic carbocycles. The highest BCUT2D eigenvalue weighted by Gasteiger charge is 2.38. The van der Waals surface area contributed by atoms with Crippen molar-refractivity contribution in [1.82, 2.24) is 0 Å². The van der Waals surface area contributed by atoms with E-state index in [1.165, 1.54) is 0 Å². The molecule has 0 radical (unpaired) electrons. The number of methoxy groups -OCH3 is 2. The molecule has 4 nitrogen and oxygen atoms in total. The average molecular weight is 359 g/mol.